The van der Waals surface area contributed by atoms with E-state index in [0.717, 1.165) is 11.1 Å². The number of ether oxygens (including phenoxy) is 1. The third-order valence-electron chi connectivity index (χ3n) is 2.81. The highest BCUT2D eigenvalue weighted by Gasteiger charge is 2.09. The lowest BCUT2D eigenvalue weighted by molar-refractivity contribution is 0.0921. The Morgan fingerprint density at radius 1 is 1.00 bits per heavy atom. The molecule has 2 nitrogen and oxygen atoms in total. The molecule has 0 aliphatic carbocycles. The molecule has 0 aromatic heterocycles. The standard InChI is InChI=1S/C16H14Cl2O2/c1-10-5-11(2)7-13(6-10)20-9-16(19)12-3-4-14(17)15(18)8-12/h3-8H,9H2,1-2H3. The van der Waals surface area contributed by atoms with Crippen molar-refractivity contribution < 1.29 is 9.53 Å². The molecule has 4 heteroatoms. The van der Waals surface area contributed by atoms with Gasteiger partial charge in [0.2, 0.25) is 0 Å². The van der Waals surface area contributed by atoms with Crippen molar-refractivity contribution in [1.82, 2.24) is 0 Å². The largest absolute Gasteiger partial charge is 0.485 e. The van der Waals surface area contributed by atoms with Crippen molar-refractivity contribution in [2.24, 2.45) is 0 Å². The summed E-state index contributed by atoms with van der Waals surface area (Å²) in [7, 11) is 0. The van der Waals surface area contributed by atoms with Gasteiger partial charge in [-0.05, 0) is 55.3 Å². The van der Waals surface area contributed by atoms with Gasteiger partial charge >= 0.3 is 0 Å². The molecule has 2 aromatic carbocycles. The van der Waals surface area contributed by atoms with E-state index in [2.05, 4.69) is 0 Å². The quantitative estimate of drug-likeness (QED) is 0.753. The molecule has 0 saturated heterocycles. The van der Waals surface area contributed by atoms with Crippen molar-refractivity contribution >= 4 is 29.0 Å². The van der Waals surface area contributed by atoms with Crippen molar-refractivity contribution in [3.05, 3.63) is 63.1 Å². The molecular formula is C16H14Cl2O2. The highest BCUT2D eigenvalue weighted by Crippen LogP contribution is 2.23. The smallest absolute Gasteiger partial charge is 0.200 e. The normalized spacial score (nSPS) is 10.4. The molecule has 0 fully saturated rings. The van der Waals surface area contributed by atoms with Gasteiger partial charge in [0.05, 0.1) is 10.0 Å². The third kappa shape index (κ3) is 3.75. The van der Waals surface area contributed by atoms with Crippen molar-refractivity contribution in [3.8, 4) is 5.75 Å². The number of aryl methyl sites for hydroxylation is 2. The molecule has 0 radical (unpaired) electrons. The Morgan fingerprint density at radius 3 is 2.25 bits per heavy atom. The minimum absolute atomic E-state index is 0.0269. The molecule has 104 valence electrons. The lowest BCUT2D eigenvalue weighted by Crippen LogP contribution is -2.11. The molecular weight excluding hydrogens is 295 g/mol. The third-order valence-corrected chi connectivity index (χ3v) is 3.55. The molecule has 2 rings (SSSR count). The zero-order valence-electron chi connectivity index (χ0n) is 11.2. The van der Waals surface area contributed by atoms with Gasteiger partial charge in [-0.1, -0.05) is 29.3 Å². The van der Waals surface area contributed by atoms with Crippen molar-refractivity contribution in [2.45, 2.75) is 13.8 Å². The fourth-order valence-electron chi connectivity index (χ4n) is 1.92. The van der Waals surface area contributed by atoms with Gasteiger partial charge in [-0.2, -0.15) is 0 Å². The van der Waals surface area contributed by atoms with Gasteiger partial charge in [0.1, 0.15) is 5.75 Å². The molecule has 2 aromatic rings. The lowest BCUT2D eigenvalue weighted by atomic mass is 10.1. The number of ketones is 1. The van der Waals surface area contributed by atoms with Gasteiger partial charge in [0.25, 0.3) is 0 Å². The van der Waals surface area contributed by atoms with Crippen LogP contribution >= 0.6 is 23.2 Å². The van der Waals surface area contributed by atoms with Crippen LogP contribution in [0.1, 0.15) is 21.5 Å². The number of rotatable bonds is 4. The van der Waals surface area contributed by atoms with E-state index >= 15 is 0 Å². The minimum Gasteiger partial charge on any atom is -0.485 e. The molecule has 0 unspecified atom stereocenters. The second-order valence-corrected chi connectivity index (χ2v) is 5.48. The summed E-state index contributed by atoms with van der Waals surface area (Å²) < 4.78 is 5.53. The number of hydrogen-bond acceptors (Lipinski definition) is 2. The van der Waals surface area contributed by atoms with Gasteiger partial charge < -0.3 is 4.74 Å². The topological polar surface area (TPSA) is 26.3 Å². The van der Waals surface area contributed by atoms with Gasteiger partial charge in [-0.15, -0.1) is 0 Å². The van der Waals surface area contributed by atoms with Gasteiger partial charge in [0, 0.05) is 5.56 Å². The van der Waals surface area contributed by atoms with Crippen LogP contribution in [0, 0.1) is 13.8 Å². The van der Waals surface area contributed by atoms with E-state index in [1.807, 2.05) is 32.0 Å². The summed E-state index contributed by atoms with van der Waals surface area (Å²) in [6.45, 7) is 3.95. The van der Waals surface area contributed by atoms with Crippen LogP contribution in [0.15, 0.2) is 36.4 Å². The second kappa shape index (κ2) is 6.29. The molecule has 0 N–H and O–H groups in total. The van der Waals surface area contributed by atoms with Crippen LogP contribution in [0.5, 0.6) is 5.75 Å². The van der Waals surface area contributed by atoms with Gasteiger partial charge in [-0.25, -0.2) is 0 Å². The Labute approximate surface area is 128 Å². The van der Waals surface area contributed by atoms with Crippen molar-refractivity contribution in [1.29, 1.82) is 0 Å². The van der Waals surface area contributed by atoms with Crippen LogP contribution in [0.4, 0.5) is 0 Å². The first-order valence-electron chi connectivity index (χ1n) is 6.15. The lowest BCUT2D eigenvalue weighted by Gasteiger charge is -2.08. The van der Waals surface area contributed by atoms with Gasteiger partial charge in [0.15, 0.2) is 12.4 Å². The summed E-state index contributed by atoms with van der Waals surface area (Å²) in [5, 5.41) is 0.794. The summed E-state index contributed by atoms with van der Waals surface area (Å²) in [6, 6.07) is 10.6. The van der Waals surface area contributed by atoms with Crippen LogP contribution in [-0.2, 0) is 0 Å². The molecule has 0 aliphatic heterocycles. The van der Waals surface area contributed by atoms with Crippen LogP contribution in [-0.4, -0.2) is 12.4 Å². The first-order chi connectivity index (χ1) is 9.45. The summed E-state index contributed by atoms with van der Waals surface area (Å²) >= 11 is 11.7. The van der Waals surface area contributed by atoms with Crippen molar-refractivity contribution in [3.63, 3.8) is 0 Å². The maximum absolute atomic E-state index is 12.0. The Balaban J connectivity index is 2.06. The summed E-state index contributed by atoms with van der Waals surface area (Å²) in [6.07, 6.45) is 0. The highest BCUT2D eigenvalue weighted by molar-refractivity contribution is 6.42. The van der Waals surface area contributed by atoms with Crippen LogP contribution < -0.4 is 4.74 Å². The molecule has 0 heterocycles. The predicted molar refractivity (Wildman–Crippen MR) is 82.2 cm³/mol. The summed E-state index contributed by atoms with van der Waals surface area (Å²) in [4.78, 5) is 12.0. The molecule has 20 heavy (non-hydrogen) atoms. The maximum atomic E-state index is 12.0. The first kappa shape index (κ1) is 14.9. The van der Waals surface area contributed by atoms with E-state index in [9.17, 15) is 4.79 Å². The zero-order chi connectivity index (χ0) is 14.7. The number of hydrogen-bond donors (Lipinski definition) is 0. The highest BCUT2D eigenvalue weighted by atomic mass is 35.5. The number of carbonyl (C=O) groups excluding carboxylic acids is 1. The SMILES string of the molecule is Cc1cc(C)cc(OCC(=O)c2ccc(Cl)c(Cl)c2)c1. The van der Waals surface area contributed by atoms with E-state index in [1.165, 1.54) is 0 Å². The monoisotopic (exact) mass is 308 g/mol. The van der Waals surface area contributed by atoms with Crippen LogP contribution in [0.3, 0.4) is 0 Å². The second-order valence-electron chi connectivity index (χ2n) is 4.66. The molecule has 0 atom stereocenters. The van der Waals surface area contributed by atoms with Crippen LogP contribution in [0.2, 0.25) is 10.0 Å². The van der Waals surface area contributed by atoms with E-state index in [-0.39, 0.29) is 12.4 Å². The number of Topliss-reactive ketones (excluding diaryl/α,β-unsaturated/α-hetero) is 1. The average molecular weight is 309 g/mol. The van der Waals surface area contributed by atoms with E-state index in [1.54, 1.807) is 18.2 Å². The van der Waals surface area contributed by atoms with E-state index < -0.39 is 0 Å². The van der Waals surface area contributed by atoms with Crippen molar-refractivity contribution in [2.75, 3.05) is 6.61 Å². The Bertz CT molecular complexity index is 631. The number of carbonyl (C=O) groups is 1. The Morgan fingerprint density at radius 2 is 1.65 bits per heavy atom. The maximum Gasteiger partial charge on any atom is 0.200 e. The summed E-state index contributed by atoms with van der Waals surface area (Å²) in [5.41, 5.74) is 2.69. The number of halogens is 2. The van der Waals surface area contributed by atoms with E-state index in [4.69, 9.17) is 27.9 Å². The summed E-state index contributed by atoms with van der Waals surface area (Å²) in [5.74, 6) is 0.554. The molecule has 0 spiro atoms. The average Bonchev–Trinajstić information content (AvgIpc) is 2.38. The number of benzene rings is 2. The fraction of sp³-hybridized carbons (Fsp3) is 0.188. The molecule has 0 aliphatic rings. The van der Waals surface area contributed by atoms with E-state index in [0.29, 0.717) is 21.4 Å². The Hall–Kier alpha value is -1.51. The predicted octanol–water partition coefficient (Wildman–Crippen LogP) is 4.87. The fourth-order valence-corrected chi connectivity index (χ4v) is 2.22. The first-order valence-corrected chi connectivity index (χ1v) is 6.90. The molecule has 0 saturated carbocycles. The molecule has 0 amide bonds. The zero-order valence-corrected chi connectivity index (χ0v) is 12.8. The van der Waals surface area contributed by atoms with Crippen LogP contribution in [0.25, 0.3) is 0 Å². The van der Waals surface area contributed by atoms with Gasteiger partial charge in [-0.3, -0.25) is 4.79 Å². The minimum atomic E-state index is -0.136. The Kier molecular flexibility index (Phi) is 4.69. The molecule has 0 bridgehead atoms.